The average molecular weight is 186 g/mol. The van der Waals surface area contributed by atoms with Gasteiger partial charge in [-0.3, -0.25) is 4.79 Å². The average Bonchev–Trinajstić information content (AvgIpc) is 2.03. The summed E-state index contributed by atoms with van der Waals surface area (Å²) in [5.74, 6) is -4.06. The Morgan fingerprint density at radius 1 is 1.38 bits per heavy atom. The Labute approximate surface area is 73.8 Å². The molecule has 1 atom stereocenters. The zero-order chi connectivity index (χ0) is 10.0. The molecule has 0 aliphatic heterocycles. The first-order chi connectivity index (χ1) is 6.04. The third-order valence-corrected chi connectivity index (χ3v) is 1.80. The number of benzene rings is 1. The van der Waals surface area contributed by atoms with E-state index < -0.39 is 29.1 Å². The van der Waals surface area contributed by atoms with Crippen molar-refractivity contribution in [3.8, 4) is 0 Å². The molecule has 0 bridgehead atoms. The zero-order valence-corrected chi connectivity index (χ0v) is 6.92. The third-order valence-electron chi connectivity index (χ3n) is 1.80. The van der Waals surface area contributed by atoms with Gasteiger partial charge in [0.05, 0.1) is 5.92 Å². The molecule has 70 valence electrons. The molecule has 0 spiro atoms. The predicted molar refractivity (Wildman–Crippen MR) is 42.4 cm³/mol. The molecule has 0 radical (unpaired) electrons. The maximum Gasteiger partial charge on any atom is 0.310 e. The van der Waals surface area contributed by atoms with Crippen LogP contribution >= 0.6 is 0 Å². The van der Waals surface area contributed by atoms with Gasteiger partial charge in [-0.05, 0) is 19.1 Å². The second-order valence-corrected chi connectivity index (χ2v) is 2.70. The minimum Gasteiger partial charge on any atom is -0.481 e. The first kappa shape index (κ1) is 9.64. The molecular weight excluding hydrogens is 178 g/mol. The van der Waals surface area contributed by atoms with Gasteiger partial charge < -0.3 is 5.11 Å². The fraction of sp³-hybridized carbons (Fsp3) is 0.222. The van der Waals surface area contributed by atoms with Crippen LogP contribution in [0.15, 0.2) is 18.2 Å². The lowest BCUT2D eigenvalue weighted by Gasteiger charge is -2.08. The molecule has 0 heterocycles. The van der Waals surface area contributed by atoms with E-state index in [0.29, 0.717) is 0 Å². The van der Waals surface area contributed by atoms with E-state index in [1.54, 1.807) is 0 Å². The van der Waals surface area contributed by atoms with E-state index >= 15 is 0 Å². The number of carboxylic acid groups (broad SMARTS) is 1. The van der Waals surface area contributed by atoms with E-state index in [-0.39, 0.29) is 0 Å². The Morgan fingerprint density at radius 2 is 1.85 bits per heavy atom. The summed E-state index contributed by atoms with van der Waals surface area (Å²) in [5, 5.41) is 8.55. The van der Waals surface area contributed by atoms with Crippen molar-refractivity contribution in [1.29, 1.82) is 0 Å². The van der Waals surface area contributed by atoms with Crippen LogP contribution in [-0.4, -0.2) is 11.1 Å². The van der Waals surface area contributed by atoms with Crippen LogP contribution in [0.1, 0.15) is 18.4 Å². The Bertz CT molecular complexity index is 316. The minimum absolute atomic E-state index is 0.394. The van der Waals surface area contributed by atoms with Crippen molar-refractivity contribution in [2.45, 2.75) is 12.8 Å². The Balaban J connectivity index is 3.20. The summed E-state index contributed by atoms with van der Waals surface area (Å²) in [5.41, 5.74) is -0.394. The lowest BCUT2D eigenvalue weighted by molar-refractivity contribution is -0.138. The summed E-state index contributed by atoms with van der Waals surface area (Å²) in [6, 6.07) is 3.28. The summed E-state index contributed by atoms with van der Waals surface area (Å²) in [7, 11) is 0. The van der Waals surface area contributed by atoms with Crippen LogP contribution in [0, 0.1) is 11.6 Å². The molecule has 4 heteroatoms. The van der Waals surface area contributed by atoms with Crippen molar-refractivity contribution < 1.29 is 18.7 Å². The second kappa shape index (κ2) is 3.51. The number of carboxylic acids is 1. The molecule has 0 aliphatic rings. The lowest BCUT2D eigenvalue weighted by atomic mass is 10.0. The topological polar surface area (TPSA) is 37.3 Å². The summed E-state index contributed by atoms with van der Waals surface area (Å²) >= 11 is 0. The molecule has 0 amide bonds. The number of hydrogen-bond acceptors (Lipinski definition) is 1. The summed E-state index contributed by atoms with van der Waals surface area (Å²) < 4.78 is 25.9. The fourth-order valence-corrected chi connectivity index (χ4v) is 1.05. The molecule has 0 saturated carbocycles. The largest absolute Gasteiger partial charge is 0.481 e. The highest BCUT2D eigenvalue weighted by Crippen LogP contribution is 2.22. The minimum atomic E-state index is -1.25. The SMILES string of the molecule is C[C@H](C(=O)O)c1c(F)cccc1F. The van der Waals surface area contributed by atoms with Gasteiger partial charge in [0.15, 0.2) is 0 Å². The highest BCUT2D eigenvalue weighted by atomic mass is 19.1. The van der Waals surface area contributed by atoms with Gasteiger partial charge in [-0.25, -0.2) is 8.78 Å². The highest BCUT2D eigenvalue weighted by Gasteiger charge is 2.21. The molecule has 1 aromatic carbocycles. The van der Waals surface area contributed by atoms with Gasteiger partial charge in [0.1, 0.15) is 11.6 Å². The quantitative estimate of drug-likeness (QED) is 0.768. The smallest absolute Gasteiger partial charge is 0.310 e. The summed E-state index contributed by atoms with van der Waals surface area (Å²) in [6.07, 6.45) is 0. The van der Waals surface area contributed by atoms with Crippen molar-refractivity contribution in [2.75, 3.05) is 0 Å². The standard InChI is InChI=1S/C9H8F2O2/c1-5(9(12)13)8-6(10)3-2-4-7(8)11/h2-5H,1H3,(H,12,13)/t5-/m0/s1. The maximum atomic E-state index is 13.0. The molecule has 0 unspecified atom stereocenters. The zero-order valence-electron chi connectivity index (χ0n) is 6.92. The first-order valence-corrected chi connectivity index (χ1v) is 3.70. The van der Waals surface area contributed by atoms with Gasteiger partial charge in [0, 0.05) is 5.56 Å². The molecule has 0 fully saturated rings. The van der Waals surface area contributed by atoms with Crippen molar-refractivity contribution in [3.05, 3.63) is 35.4 Å². The normalized spacial score (nSPS) is 12.5. The van der Waals surface area contributed by atoms with Crippen LogP contribution in [0.5, 0.6) is 0 Å². The molecule has 1 rings (SSSR count). The summed E-state index contributed by atoms with van der Waals surface area (Å²) in [4.78, 5) is 10.5. The van der Waals surface area contributed by atoms with Gasteiger partial charge in [-0.15, -0.1) is 0 Å². The van der Waals surface area contributed by atoms with E-state index in [2.05, 4.69) is 0 Å². The fourth-order valence-electron chi connectivity index (χ4n) is 1.05. The molecule has 2 nitrogen and oxygen atoms in total. The van der Waals surface area contributed by atoms with Crippen LogP contribution in [0.2, 0.25) is 0 Å². The van der Waals surface area contributed by atoms with Crippen LogP contribution in [-0.2, 0) is 4.79 Å². The van der Waals surface area contributed by atoms with E-state index in [0.717, 1.165) is 12.1 Å². The van der Waals surface area contributed by atoms with E-state index in [4.69, 9.17) is 5.11 Å². The number of hydrogen-bond donors (Lipinski definition) is 1. The molecular formula is C9H8F2O2. The van der Waals surface area contributed by atoms with Gasteiger partial charge in [-0.2, -0.15) is 0 Å². The summed E-state index contributed by atoms with van der Waals surface area (Å²) in [6.45, 7) is 1.24. The third kappa shape index (κ3) is 1.83. The number of halogens is 2. The molecule has 0 aromatic heterocycles. The number of carbonyl (C=O) groups is 1. The van der Waals surface area contributed by atoms with Gasteiger partial charge >= 0.3 is 5.97 Å². The molecule has 1 N–H and O–H groups in total. The Kier molecular flexibility index (Phi) is 2.60. The van der Waals surface area contributed by atoms with Gasteiger partial charge in [0.2, 0.25) is 0 Å². The van der Waals surface area contributed by atoms with Crippen molar-refractivity contribution in [2.24, 2.45) is 0 Å². The first-order valence-electron chi connectivity index (χ1n) is 3.70. The van der Waals surface area contributed by atoms with E-state index in [1.807, 2.05) is 0 Å². The van der Waals surface area contributed by atoms with Crippen LogP contribution in [0.25, 0.3) is 0 Å². The number of aliphatic carboxylic acids is 1. The molecule has 0 aliphatic carbocycles. The monoisotopic (exact) mass is 186 g/mol. The van der Waals surface area contributed by atoms with Crippen molar-refractivity contribution in [1.82, 2.24) is 0 Å². The van der Waals surface area contributed by atoms with Crippen LogP contribution < -0.4 is 0 Å². The molecule has 0 saturated heterocycles. The predicted octanol–water partition coefficient (Wildman–Crippen LogP) is 2.15. The van der Waals surface area contributed by atoms with Crippen LogP contribution in [0.4, 0.5) is 8.78 Å². The van der Waals surface area contributed by atoms with Crippen molar-refractivity contribution in [3.63, 3.8) is 0 Å². The van der Waals surface area contributed by atoms with E-state index in [9.17, 15) is 13.6 Å². The molecule has 1 aromatic rings. The van der Waals surface area contributed by atoms with Crippen LogP contribution in [0.3, 0.4) is 0 Å². The second-order valence-electron chi connectivity index (χ2n) is 2.70. The number of rotatable bonds is 2. The van der Waals surface area contributed by atoms with Gasteiger partial charge in [-0.1, -0.05) is 6.07 Å². The van der Waals surface area contributed by atoms with E-state index in [1.165, 1.54) is 13.0 Å². The van der Waals surface area contributed by atoms with Gasteiger partial charge in [0.25, 0.3) is 0 Å². The highest BCUT2D eigenvalue weighted by molar-refractivity contribution is 5.75. The Morgan fingerprint density at radius 3 is 2.23 bits per heavy atom. The Hall–Kier alpha value is -1.45. The van der Waals surface area contributed by atoms with Crippen molar-refractivity contribution >= 4 is 5.97 Å². The molecule has 13 heavy (non-hydrogen) atoms. The maximum absolute atomic E-state index is 13.0. The lowest BCUT2D eigenvalue weighted by Crippen LogP contribution is -2.11.